The molecule has 1 aromatic carbocycles. The summed E-state index contributed by atoms with van der Waals surface area (Å²) in [7, 11) is 0. The fraction of sp³-hybridized carbons (Fsp3) is 0.167. The first-order valence-electron chi connectivity index (χ1n) is 7.85. The van der Waals surface area contributed by atoms with Gasteiger partial charge in [-0.1, -0.05) is 33.8 Å². The molecule has 0 fully saturated rings. The molecule has 3 rings (SSSR count). The highest BCUT2D eigenvalue weighted by Gasteiger charge is 2.17. The predicted molar refractivity (Wildman–Crippen MR) is 106 cm³/mol. The molecule has 6 nitrogen and oxygen atoms in total. The number of thioether (sulfide) groups is 1. The lowest BCUT2D eigenvalue weighted by atomic mass is 10.2. The van der Waals surface area contributed by atoms with Gasteiger partial charge in [-0.15, -0.1) is 16.8 Å². The van der Waals surface area contributed by atoms with E-state index >= 15 is 0 Å². The van der Waals surface area contributed by atoms with Crippen LogP contribution in [0.25, 0.3) is 11.4 Å². The van der Waals surface area contributed by atoms with E-state index < -0.39 is 0 Å². The summed E-state index contributed by atoms with van der Waals surface area (Å²) in [4.78, 5) is 12.2. The van der Waals surface area contributed by atoms with Crippen LogP contribution >= 0.6 is 27.7 Å². The number of aryl methyl sites for hydroxylation is 1. The Balaban J connectivity index is 1.70. The maximum Gasteiger partial charge on any atom is 0.234 e. The zero-order chi connectivity index (χ0) is 18.5. The Morgan fingerprint density at radius 1 is 1.35 bits per heavy atom. The summed E-state index contributed by atoms with van der Waals surface area (Å²) in [6.07, 6.45) is 3.39. The largest absolute Gasteiger partial charge is 0.469 e. The first kappa shape index (κ1) is 18.5. The van der Waals surface area contributed by atoms with Crippen molar-refractivity contribution in [3.8, 4) is 11.4 Å². The van der Waals surface area contributed by atoms with E-state index in [1.807, 2.05) is 41.8 Å². The SMILES string of the molecule is C=CCn1c(SCC(=O)Nc2ccc(Br)cc2)nnc1-c1ccoc1C. The quantitative estimate of drug-likeness (QED) is 0.438. The first-order chi connectivity index (χ1) is 12.6. The predicted octanol–water partition coefficient (Wildman–Crippen LogP) is 4.53. The van der Waals surface area contributed by atoms with Crippen molar-refractivity contribution >= 4 is 39.3 Å². The number of furan rings is 1. The molecule has 0 aliphatic carbocycles. The lowest BCUT2D eigenvalue weighted by Crippen LogP contribution is -2.14. The highest BCUT2D eigenvalue weighted by molar-refractivity contribution is 9.10. The summed E-state index contributed by atoms with van der Waals surface area (Å²) in [5.74, 6) is 1.60. The number of carbonyl (C=O) groups excluding carboxylic acids is 1. The molecule has 0 saturated heterocycles. The maximum atomic E-state index is 12.2. The average Bonchev–Trinajstić information content (AvgIpc) is 3.21. The van der Waals surface area contributed by atoms with E-state index in [9.17, 15) is 4.79 Å². The van der Waals surface area contributed by atoms with Gasteiger partial charge < -0.3 is 9.73 Å². The van der Waals surface area contributed by atoms with Crippen LogP contribution in [0.4, 0.5) is 5.69 Å². The van der Waals surface area contributed by atoms with Gasteiger partial charge in [-0.05, 0) is 37.3 Å². The van der Waals surface area contributed by atoms with Crippen molar-refractivity contribution in [2.75, 3.05) is 11.1 Å². The number of rotatable bonds is 7. The van der Waals surface area contributed by atoms with Crippen molar-refractivity contribution in [2.24, 2.45) is 0 Å². The Morgan fingerprint density at radius 3 is 2.77 bits per heavy atom. The Labute approximate surface area is 163 Å². The lowest BCUT2D eigenvalue weighted by Gasteiger charge is -2.08. The molecule has 0 aliphatic heterocycles. The Morgan fingerprint density at radius 2 is 2.12 bits per heavy atom. The Hall–Kier alpha value is -2.32. The summed E-state index contributed by atoms with van der Waals surface area (Å²) < 4.78 is 8.23. The average molecular weight is 433 g/mol. The topological polar surface area (TPSA) is 73.0 Å². The van der Waals surface area contributed by atoms with E-state index in [-0.39, 0.29) is 11.7 Å². The van der Waals surface area contributed by atoms with Gasteiger partial charge in [0, 0.05) is 16.7 Å². The normalized spacial score (nSPS) is 10.7. The number of halogens is 1. The van der Waals surface area contributed by atoms with Crippen molar-refractivity contribution in [3.05, 3.63) is 59.5 Å². The van der Waals surface area contributed by atoms with Crippen LogP contribution in [0.15, 0.2) is 63.3 Å². The molecule has 26 heavy (non-hydrogen) atoms. The minimum absolute atomic E-state index is 0.105. The number of nitrogens with zero attached hydrogens (tertiary/aromatic N) is 3. The van der Waals surface area contributed by atoms with Gasteiger partial charge in [0.1, 0.15) is 5.76 Å². The third-order valence-electron chi connectivity index (χ3n) is 3.59. The Kier molecular flexibility index (Phi) is 5.95. The monoisotopic (exact) mass is 432 g/mol. The van der Waals surface area contributed by atoms with Crippen LogP contribution in [-0.2, 0) is 11.3 Å². The number of benzene rings is 1. The van der Waals surface area contributed by atoms with Crippen molar-refractivity contribution in [1.29, 1.82) is 0 Å². The molecule has 0 radical (unpaired) electrons. The fourth-order valence-corrected chi connectivity index (χ4v) is 3.38. The second-order valence-electron chi connectivity index (χ2n) is 5.44. The van der Waals surface area contributed by atoms with Crippen molar-refractivity contribution < 1.29 is 9.21 Å². The second-order valence-corrected chi connectivity index (χ2v) is 7.30. The fourth-order valence-electron chi connectivity index (χ4n) is 2.37. The number of hydrogen-bond acceptors (Lipinski definition) is 5. The highest BCUT2D eigenvalue weighted by Crippen LogP contribution is 2.27. The third-order valence-corrected chi connectivity index (χ3v) is 5.08. The second kappa shape index (κ2) is 8.37. The number of carbonyl (C=O) groups is 1. The molecule has 1 amide bonds. The van der Waals surface area contributed by atoms with Crippen LogP contribution in [0.1, 0.15) is 5.76 Å². The maximum absolute atomic E-state index is 12.2. The summed E-state index contributed by atoms with van der Waals surface area (Å²) in [6.45, 7) is 6.21. The summed E-state index contributed by atoms with van der Waals surface area (Å²) in [6, 6.07) is 9.29. The van der Waals surface area contributed by atoms with Crippen LogP contribution in [-0.4, -0.2) is 26.4 Å². The standard InChI is InChI=1S/C18H17BrN4O2S/c1-3-9-23-17(15-8-10-25-12(15)2)21-22-18(23)26-11-16(24)20-14-6-4-13(19)5-7-14/h3-8,10H,1,9,11H2,2H3,(H,20,24). The van der Waals surface area contributed by atoms with Gasteiger partial charge >= 0.3 is 0 Å². The van der Waals surface area contributed by atoms with Crippen LogP contribution < -0.4 is 5.32 Å². The van der Waals surface area contributed by atoms with Gasteiger partial charge in [-0.3, -0.25) is 9.36 Å². The van der Waals surface area contributed by atoms with Crippen LogP contribution in [0, 0.1) is 6.92 Å². The van der Waals surface area contributed by atoms with Crippen molar-refractivity contribution in [3.63, 3.8) is 0 Å². The van der Waals surface area contributed by atoms with Crippen LogP contribution in [0.5, 0.6) is 0 Å². The molecule has 0 aliphatic rings. The number of amides is 1. The number of aromatic nitrogens is 3. The molecular weight excluding hydrogens is 416 g/mol. The Bertz CT molecular complexity index is 918. The van der Waals surface area contributed by atoms with Crippen LogP contribution in [0.2, 0.25) is 0 Å². The van der Waals surface area contributed by atoms with Crippen LogP contribution in [0.3, 0.4) is 0 Å². The minimum atomic E-state index is -0.105. The number of allylic oxidation sites excluding steroid dienone is 1. The van der Waals surface area contributed by atoms with E-state index in [2.05, 4.69) is 38.0 Å². The van der Waals surface area contributed by atoms with Gasteiger partial charge in [-0.2, -0.15) is 0 Å². The summed E-state index contributed by atoms with van der Waals surface area (Å²) in [5, 5.41) is 12.0. The smallest absolute Gasteiger partial charge is 0.234 e. The van der Waals surface area contributed by atoms with Gasteiger partial charge in [0.2, 0.25) is 5.91 Å². The molecular formula is C18H17BrN4O2S. The van der Waals surface area contributed by atoms with Gasteiger partial charge in [-0.25, -0.2) is 0 Å². The number of nitrogens with one attached hydrogen (secondary N) is 1. The summed E-state index contributed by atoms with van der Waals surface area (Å²) in [5.41, 5.74) is 1.63. The van der Waals surface area contributed by atoms with E-state index in [4.69, 9.17) is 4.42 Å². The van der Waals surface area contributed by atoms with Crippen molar-refractivity contribution in [1.82, 2.24) is 14.8 Å². The number of anilines is 1. The minimum Gasteiger partial charge on any atom is -0.469 e. The van der Waals surface area contributed by atoms with E-state index in [0.717, 1.165) is 21.5 Å². The zero-order valence-corrected chi connectivity index (χ0v) is 16.5. The molecule has 3 aromatic rings. The molecule has 8 heteroatoms. The zero-order valence-electron chi connectivity index (χ0n) is 14.1. The van der Waals surface area contributed by atoms with E-state index in [1.54, 1.807) is 12.3 Å². The van der Waals surface area contributed by atoms with Crippen molar-refractivity contribution in [2.45, 2.75) is 18.6 Å². The molecule has 134 valence electrons. The highest BCUT2D eigenvalue weighted by atomic mass is 79.9. The van der Waals surface area contributed by atoms with Gasteiger partial charge in [0.25, 0.3) is 0 Å². The molecule has 1 N–H and O–H groups in total. The lowest BCUT2D eigenvalue weighted by molar-refractivity contribution is -0.113. The molecule has 0 atom stereocenters. The molecule has 2 heterocycles. The molecule has 0 unspecified atom stereocenters. The van der Waals surface area contributed by atoms with Gasteiger partial charge in [0.05, 0.1) is 17.6 Å². The molecule has 2 aromatic heterocycles. The van der Waals surface area contributed by atoms with E-state index in [1.165, 1.54) is 11.8 Å². The molecule has 0 spiro atoms. The number of hydrogen-bond donors (Lipinski definition) is 1. The van der Waals surface area contributed by atoms with E-state index in [0.29, 0.717) is 17.5 Å². The first-order valence-corrected chi connectivity index (χ1v) is 9.63. The van der Waals surface area contributed by atoms with Gasteiger partial charge in [0.15, 0.2) is 11.0 Å². The third kappa shape index (κ3) is 4.25. The summed E-state index contributed by atoms with van der Waals surface area (Å²) >= 11 is 4.70. The molecule has 0 saturated carbocycles. The molecule has 0 bridgehead atoms.